The first-order valence-corrected chi connectivity index (χ1v) is 15.8. The Balaban J connectivity index is 1.75. The molecule has 0 N–H and O–H groups in total. The van der Waals surface area contributed by atoms with E-state index in [1.807, 2.05) is 0 Å². The van der Waals surface area contributed by atoms with E-state index in [2.05, 4.69) is 76.2 Å². The molecular weight excluding hydrogens is 464 g/mol. The van der Waals surface area contributed by atoms with Crippen LogP contribution in [0.4, 0.5) is 0 Å². The van der Waals surface area contributed by atoms with Crippen LogP contribution < -0.4 is 9.47 Å². The van der Waals surface area contributed by atoms with E-state index in [0.717, 1.165) is 37.6 Å². The quantitative estimate of drug-likeness (QED) is 0.113. The highest BCUT2D eigenvalue weighted by Gasteiger charge is 2.03. The van der Waals surface area contributed by atoms with Crippen LogP contribution in [0.25, 0.3) is 12.2 Å². The van der Waals surface area contributed by atoms with Gasteiger partial charge in [-0.1, -0.05) is 140 Å². The zero-order chi connectivity index (χ0) is 27.3. The van der Waals surface area contributed by atoms with E-state index in [4.69, 9.17) is 9.47 Å². The predicted octanol–water partition coefficient (Wildman–Crippen LogP) is 11.5. The summed E-state index contributed by atoms with van der Waals surface area (Å²) in [7, 11) is 0. The first-order chi connectivity index (χ1) is 18.6. The summed E-state index contributed by atoms with van der Waals surface area (Å²) in [6, 6.07) is 13.0. The summed E-state index contributed by atoms with van der Waals surface area (Å²) >= 11 is 0. The average Bonchev–Trinajstić information content (AvgIpc) is 2.92. The van der Waals surface area contributed by atoms with Crippen molar-refractivity contribution in [1.29, 1.82) is 0 Å². The molecule has 0 unspecified atom stereocenters. The lowest BCUT2D eigenvalue weighted by Gasteiger charge is -2.11. The van der Waals surface area contributed by atoms with Crippen molar-refractivity contribution in [2.45, 2.75) is 130 Å². The van der Waals surface area contributed by atoms with Gasteiger partial charge in [-0.25, -0.2) is 0 Å². The third kappa shape index (κ3) is 14.1. The third-order valence-corrected chi connectivity index (χ3v) is 7.40. The largest absolute Gasteiger partial charge is 0.493 e. The van der Waals surface area contributed by atoms with Crippen LogP contribution in [0.5, 0.6) is 11.5 Å². The Morgan fingerprint density at radius 2 is 0.816 bits per heavy atom. The zero-order valence-corrected chi connectivity index (χ0v) is 25.2. The van der Waals surface area contributed by atoms with E-state index in [9.17, 15) is 0 Å². The fraction of sp³-hybridized carbons (Fsp3) is 0.611. The maximum atomic E-state index is 6.15. The van der Waals surface area contributed by atoms with Crippen molar-refractivity contribution in [3.8, 4) is 11.5 Å². The molecule has 2 aromatic rings. The number of benzene rings is 2. The van der Waals surface area contributed by atoms with Crippen LogP contribution in [0.1, 0.15) is 139 Å². The Morgan fingerprint density at radius 1 is 0.474 bits per heavy atom. The van der Waals surface area contributed by atoms with Crippen LogP contribution >= 0.6 is 0 Å². The van der Waals surface area contributed by atoms with Crippen molar-refractivity contribution in [3.63, 3.8) is 0 Å². The van der Waals surface area contributed by atoms with E-state index in [0.29, 0.717) is 0 Å². The molecule has 0 saturated heterocycles. The summed E-state index contributed by atoms with van der Waals surface area (Å²) in [5, 5.41) is 0. The van der Waals surface area contributed by atoms with Gasteiger partial charge in [0, 0.05) is 0 Å². The lowest BCUT2D eigenvalue weighted by molar-refractivity contribution is 0.302. The average molecular weight is 521 g/mol. The lowest BCUT2D eigenvalue weighted by atomic mass is 10.1. The van der Waals surface area contributed by atoms with E-state index in [1.165, 1.54) is 112 Å². The molecule has 2 heteroatoms. The Kier molecular flexibility index (Phi) is 17.4. The Morgan fingerprint density at radius 3 is 1.18 bits per heavy atom. The second kappa shape index (κ2) is 20.7. The molecule has 38 heavy (non-hydrogen) atoms. The molecule has 0 fully saturated rings. The van der Waals surface area contributed by atoms with Gasteiger partial charge < -0.3 is 9.47 Å². The molecule has 212 valence electrons. The first kappa shape index (κ1) is 32.0. The van der Waals surface area contributed by atoms with Crippen molar-refractivity contribution in [3.05, 3.63) is 58.7 Å². The smallest absolute Gasteiger partial charge is 0.122 e. The van der Waals surface area contributed by atoms with Crippen molar-refractivity contribution in [2.75, 3.05) is 13.2 Å². The Labute approximate surface area is 235 Å². The molecule has 0 amide bonds. The molecule has 2 aromatic carbocycles. The number of aryl methyl sites for hydroxylation is 2. The number of hydrogen-bond donors (Lipinski definition) is 0. The highest BCUT2D eigenvalue weighted by Crippen LogP contribution is 2.24. The minimum absolute atomic E-state index is 0.806. The summed E-state index contributed by atoms with van der Waals surface area (Å²) in [4.78, 5) is 0. The summed E-state index contributed by atoms with van der Waals surface area (Å²) in [6.45, 7) is 10.4. The van der Waals surface area contributed by atoms with Crippen LogP contribution in [0.2, 0.25) is 0 Å². The molecule has 0 bridgehead atoms. The molecule has 0 aromatic heterocycles. The molecule has 0 atom stereocenters. The first-order valence-electron chi connectivity index (χ1n) is 15.8. The molecular formula is C36H56O2. The van der Waals surface area contributed by atoms with Gasteiger partial charge in [-0.05, 0) is 61.1 Å². The maximum absolute atomic E-state index is 6.15. The topological polar surface area (TPSA) is 18.5 Å². The van der Waals surface area contributed by atoms with E-state index in [1.54, 1.807) is 0 Å². The third-order valence-electron chi connectivity index (χ3n) is 7.40. The van der Waals surface area contributed by atoms with Crippen LogP contribution in [-0.4, -0.2) is 13.2 Å². The highest BCUT2D eigenvalue weighted by atomic mass is 16.5. The normalized spacial score (nSPS) is 11.4. The summed E-state index contributed by atoms with van der Waals surface area (Å²) < 4.78 is 12.3. The summed E-state index contributed by atoms with van der Waals surface area (Å²) in [6.07, 6.45) is 25.5. The van der Waals surface area contributed by atoms with Gasteiger partial charge in [0.2, 0.25) is 0 Å². The van der Waals surface area contributed by atoms with Crippen molar-refractivity contribution < 1.29 is 9.47 Å². The van der Waals surface area contributed by atoms with E-state index in [-0.39, 0.29) is 0 Å². The fourth-order valence-electron chi connectivity index (χ4n) is 4.78. The van der Waals surface area contributed by atoms with Gasteiger partial charge >= 0.3 is 0 Å². The fourth-order valence-corrected chi connectivity index (χ4v) is 4.78. The number of unbranched alkanes of at least 4 members (excludes halogenated alkanes) is 14. The van der Waals surface area contributed by atoms with Crippen LogP contribution in [0.3, 0.4) is 0 Å². The van der Waals surface area contributed by atoms with Gasteiger partial charge in [0.1, 0.15) is 11.5 Å². The lowest BCUT2D eigenvalue weighted by Crippen LogP contribution is -1.99. The highest BCUT2D eigenvalue weighted by molar-refractivity contribution is 5.71. The van der Waals surface area contributed by atoms with Gasteiger partial charge in [-0.2, -0.15) is 0 Å². The second-order valence-electron chi connectivity index (χ2n) is 11.0. The second-order valence-corrected chi connectivity index (χ2v) is 11.0. The monoisotopic (exact) mass is 520 g/mol. The number of rotatable bonds is 22. The van der Waals surface area contributed by atoms with Crippen molar-refractivity contribution in [2.24, 2.45) is 0 Å². The summed E-state index contributed by atoms with van der Waals surface area (Å²) in [5.74, 6) is 2.02. The maximum Gasteiger partial charge on any atom is 0.122 e. The Hall–Kier alpha value is -2.22. The predicted molar refractivity (Wildman–Crippen MR) is 167 cm³/mol. The van der Waals surface area contributed by atoms with Gasteiger partial charge in [-0.3, -0.25) is 0 Å². The minimum atomic E-state index is 0.806. The molecule has 0 aliphatic carbocycles. The molecule has 0 aliphatic heterocycles. The van der Waals surface area contributed by atoms with Gasteiger partial charge in [0.25, 0.3) is 0 Å². The van der Waals surface area contributed by atoms with Gasteiger partial charge in [0.05, 0.1) is 13.2 Å². The molecule has 2 rings (SSSR count). The van der Waals surface area contributed by atoms with E-state index >= 15 is 0 Å². The minimum Gasteiger partial charge on any atom is -0.493 e. The molecule has 0 spiro atoms. The molecule has 0 aliphatic rings. The zero-order valence-electron chi connectivity index (χ0n) is 25.2. The SMILES string of the molecule is CCCCCCCCCCOc1cc(C=Cc2ccc(C)c(OCCCCCCCCCC)c2)ccc1C. The van der Waals surface area contributed by atoms with E-state index < -0.39 is 0 Å². The summed E-state index contributed by atoms with van der Waals surface area (Å²) in [5.41, 5.74) is 4.74. The van der Waals surface area contributed by atoms with Gasteiger partial charge in [0.15, 0.2) is 0 Å². The van der Waals surface area contributed by atoms with Crippen molar-refractivity contribution >= 4 is 12.2 Å². The molecule has 2 nitrogen and oxygen atoms in total. The number of hydrogen-bond acceptors (Lipinski definition) is 2. The molecule has 0 radical (unpaired) electrons. The Bertz CT molecular complexity index is 825. The van der Waals surface area contributed by atoms with Crippen LogP contribution in [0, 0.1) is 13.8 Å². The number of ether oxygens (including phenoxy) is 2. The van der Waals surface area contributed by atoms with Crippen LogP contribution in [0.15, 0.2) is 36.4 Å². The molecule has 0 heterocycles. The van der Waals surface area contributed by atoms with Gasteiger partial charge in [-0.15, -0.1) is 0 Å². The standard InChI is InChI=1S/C36H56O2/c1-5-7-9-11-13-15-17-19-27-37-35-29-33(23-21-31(35)3)25-26-34-24-22-32(4)36(30-34)38-28-20-18-16-14-12-10-8-6-2/h21-26,29-30H,5-20,27-28H2,1-4H3. The van der Waals surface area contributed by atoms with Crippen molar-refractivity contribution in [1.82, 2.24) is 0 Å². The van der Waals surface area contributed by atoms with Crippen LogP contribution in [-0.2, 0) is 0 Å². The molecule has 0 saturated carbocycles.